The van der Waals surface area contributed by atoms with E-state index in [1.807, 2.05) is 39.8 Å². The Hall–Kier alpha value is -2.03. The van der Waals surface area contributed by atoms with Crippen LogP contribution in [0.4, 0.5) is 0 Å². The van der Waals surface area contributed by atoms with Gasteiger partial charge in [0, 0.05) is 10.7 Å². The van der Waals surface area contributed by atoms with Crippen LogP contribution in [0.25, 0.3) is 0 Å². The maximum Gasteiger partial charge on any atom is 0.230 e. The van der Waals surface area contributed by atoms with Gasteiger partial charge in [-0.05, 0) is 56.5 Å². The molecule has 0 spiro atoms. The summed E-state index contributed by atoms with van der Waals surface area (Å²) in [6.45, 7) is 7.70. The van der Waals surface area contributed by atoms with Crippen molar-refractivity contribution >= 4 is 29.3 Å². The third-order valence-corrected chi connectivity index (χ3v) is 5.39. The lowest BCUT2D eigenvalue weighted by molar-refractivity contribution is -0.119. The number of nitriles is 1. The summed E-state index contributed by atoms with van der Waals surface area (Å²) in [5.74, 6) is 0.107. The lowest BCUT2D eigenvalue weighted by Gasteiger charge is -2.15. The van der Waals surface area contributed by atoms with Gasteiger partial charge in [-0.25, -0.2) is 4.98 Å². The first-order valence-electron chi connectivity index (χ1n) is 7.89. The summed E-state index contributed by atoms with van der Waals surface area (Å²) in [4.78, 5) is 16.7. The van der Waals surface area contributed by atoms with Gasteiger partial charge in [0.2, 0.25) is 5.91 Å². The van der Waals surface area contributed by atoms with Crippen LogP contribution in [0.3, 0.4) is 0 Å². The smallest absolute Gasteiger partial charge is 0.230 e. The predicted molar refractivity (Wildman–Crippen MR) is 102 cm³/mol. The molecule has 130 valence electrons. The van der Waals surface area contributed by atoms with E-state index in [1.54, 1.807) is 12.1 Å². The van der Waals surface area contributed by atoms with Gasteiger partial charge in [0.05, 0.1) is 17.4 Å². The van der Waals surface area contributed by atoms with E-state index in [2.05, 4.69) is 16.4 Å². The molecule has 1 heterocycles. The van der Waals surface area contributed by atoms with E-state index in [-0.39, 0.29) is 17.7 Å². The average molecular weight is 374 g/mol. The Balaban J connectivity index is 2.03. The fourth-order valence-electron chi connectivity index (χ4n) is 2.40. The molecule has 0 aliphatic carbocycles. The summed E-state index contributed by atoms with van der Waals surface area (Å²) in [5.41, 5.74) is 4.36. The van der Waals surface area contributed by atoms with Crippen molar-refractivity contribution in [3.63, 3.8) is 0 Å². The number of rotatable bonds is 5. The predicted octanol–water partition coefficient (Wildman–Crippen LogP) is 4.50. The van der Waals surface area contributed by atoms with E-state index < -0.39 is 0 Å². The van der Waals surface area contributed by atoms with Gasteiger partial charge in [-0.15, -0.1) is 0 Å². The molecular formula is C19H20ClN3OS. The van der Waals surface area contributed by atoms with Gasteiger partial charge in [-0.2, -0.15) is 5.26 Å². The summed E-state index contributed by atoms with van der Waals surface area (Å²) >= 11 is 7.17. The molecule has 1 aromatic carbocycles. The second-order valence-electron chi connectivity index (χ2n) is 5.87. The zero-order valence-corrected chi connectivity index (χ0v) is 16.3. The number of carbonyl (C=O) groups excluding carboxylic acids is 1. The zero-order valence-electron chi connectivity index (χ0n) is 14.7. The van der Waals surface area contributed by atoms with Crippen LogP contribution in [0.15, 0.2) is 29.3 Å². The van der Waals surface area contributed by atoms with E-state index in [4.69, 9.17) is 11.6 Å². The van der Waals surface area contributed by atoms with Crippen molar-refractivity contribution in [2.45, 2.75) is 38.8 Å². The van der Waals surface area contributed by atoms with Crippen LogP contribution < -0.4 is 5.32 Å². The molecule has 1 aromatic heterocycles. The van der Waals surface area contributed by atoms with Crippen LogP contribution in [0.2, 0.25) is 5.02 Å². The molecule has 0 aliphatic rings. The fourth-order valence-corrected chi connectivity index (χ4v) is 3.42. The molecule has 1 N–H and O–H groups in total. The van der Waals surface area contributed by atoms with E-state index >= 15 is 0 Å². The first-order chi connectivity index (χ1) is 11.8. The first kappa shape index (κ1) is 19.3. The number of hydrogen-bond donors (Lipinski definition) is 1. The SMILES string of the molecule is Cc1nc(SCC(=O)NC(C)c2ccc(Cl)cc2)c(C#N)c(C)c1C. The second kappa shape index (κ2) is 8.37. The molecule has 1 atom stereocenters. The number of halogens is 1. The summed E-state index contributed by atoms with van der Waals surface area (Å²) in [6.07, 6.45) is 0. The first-order valence-corrected chi connectivity index (χ1v) is 9.25. The molecule has 2 aromatic rings. The molecule has 2 rings (SSSR count). The van der Waals surface area contributed by atoms with Gasteiger partial charge in [0.1, 0.15) is 11.1 Å². The lowest BCUT2D eigenvalue weighted by atomic mass is 10.1. The van der Waals surface area contributed by atoms with E-state index in [1.165, 1.54) is 11.8 Å². The number of aryl methyl sites for hydroxylation is 1. The van der Waals surface area contributed by atoms with Crippen LogP contribution in [-0.2, 0) is 4.79 Å². The molecule has 0 fully saturated rings. The topological polar surface area (TPSA) is 65.8 Å². The maximum absolute atomic E-state index is 12.2. The number of amides is 1. The standard InChI is InChI=1S/C19H20ClN3OS/c1-11-12(2)17(9-21)19(23-13(11)3)25-10-18(24)22-14(4)15-5-7-16(20)8-6-15/h5-8,14H,10H2,1-4H3,(H,22,24). The summed E-state index contributed by atoms with van der Waals surface area (Å²) in [5, 5.41) is 13.6. The third-order valence-electron chi connectivity index (χ3n) is 4.16. The Morgan fingerprint density at radius 2 is 1.92 bits per heavy atom. The number of aromatic nitrogens is 1. The van der Waals surface area contributed by atoms with Crippen molar-refractivity contribution in [3.05, 3.63) is 57.2 Å². The zero-order chi connectivity index (χ0) is 18.6. The van der Waals surface area contributed by atoms with E-state index in [0.29, 0.717) is 15.6 Å². The van der Waals surface area contributed by atoms with Gasteiger partial charge >= 0.3 is 0 Å². The molecule has 1 amide bonds. The van der Waals surface area contributed by atoms with Gasteiger partial charge in [-0.3, -0.25) is 4.79 Å². The number of carbonyl (C=O) groups is 1. The van der Waals surface area contributed by atoms with Gasteiger partial charge < -0.3 is 5.32 Å². The van der Waals surface area contributed by atoms with Crippen molar-refractivity contribution in [2.75, 3.05) is 5.75 Å². The monoisotopic (exact) mass is 373 g/mol. The van der Waals surface area contributed by atoms with Crippen molar-refractivity contribution in [2.24, 2.45) is 0 Å². The third kappa shape index (κ3) is 4.75. The van der Waals surface area contributed by atoms with Gasteiger partial charge in [-0.1, -0.05) is 35.5 Å². The van der Waals surface area contributed by atoms with Crippen molar-refractivity contribution in [3.8, 4) is 6.07 Å². The largest absolute Gasteiger partial charge is 0.349 e. The van der Waals surface area contributed by atoms with Crippen LogP contribution >= 0.6 is 23.4 Å². The number of thioether (sulfide) groups is 1. The second-order valence-corrected chi connectivity index (χ2v) is 7.27. The molecule has 0 saturated heterocycles. The Bertz CT molecular complexity index is 828. The van der Waals surface area contributed by atoms with Crippen molar-refractivity contribution < 1.29 is 4.79 Å². The molecule has 25 heavy (non-hydrogen) atoms. The number of hydrogen-bond acceptors (Lipinski definition) is 4. The lowest BCUT2D eigenvalue weighted by Crippen LogP contribution is -2.28. The molecule has 0 saturated carbocycles. The Labute approximate surface area is 157 Å². The minimum Gasteiger partial charge on any atom is -0.349 e. The molecule has 6 heteroatoms. The Morgan fingerprint density at radius 1 is 1.28 bits per heavy atom. The maximum atomic E-state index is 12.2. The van der Waals surface area contributed by atoms with Gasteiger partial charge in [0.25, 0.3) is 0 Å². The highest BCUT2D eigenvalue weighted by Gasteiger charge is 2.15. The van der Waals surface area contributed by atoms with E-state index in [0.717, 1.165) is 22.4 Å². The quantitative estimate of drug-likeness (QED) is 0.783. The normalized spacial score (nSPS) is 11.7. The summed E-state index contributed by atoms with van der Waals surface area (Å²) in [7, 11) is 0. The van der Waals surface area contributed by atoms with Crippen LogP contribution in [-0.4, -0.2) is 16.6 Å². The highest BCUT2D eigenvalue weighted by Crippen LogP contribution is 2.26. The molecule has 0 bridgehead atoms. The van der Waals surface area contributed by atoms with E-state index in [9.17, 15) is 10.1 Å². The molecule has 0 aliphatic heterocycles. The molecular weight excluding hydrogens is 354 g/mol. The van der Waals surface area contributed by atoms with Crippen LogP contribution in [0, 0.1) is 32.1 Å². The summed E-state index contributed by atoms with van der Waals surface area (Å²) in [6, 6.07) is 9.47. The average Bonchev–Trinajstić information content (AvgIpc) is 2.58. The van der Waals surface area contributed by atoms with Crippen molar-refractivity contribution in [1.82, 2.24) is 10.3 Å². The Morgan fingerprint density at radius 3 is 2.52 bits per heavy atom. The number of nitrogens with one attached hydrogen (secondary N) is 1. The number of pyridine rings is 1. The van der Waals surface area contributed by atoms with Crippen molar-refractivity contribution in [1.29, 1.82) is 5.26 Å². The Kier molecular flexibility index (Phi) is 6.46. The van der Waals surface area contributed by atoms with Gasteiger partial charge in [0.15, 0.2) is 0 Å². The molecule has 4 nitrogen and oxygen atoms in total. The minimum atomic E-state index is -0.116. The highest BCUT2D eigenvalue weighted by atomic mass is 35.5. The highest BCUT2D eigenvalue weighted by molar-refractivity contribution is 8.00. The molecule has 0 radical (unpaired) electrons. The fraction of sp³-hybridized carbons (Fsp3) is 0.316. The summed E-state index contributed by atoms with van der Waals surface area (Å²) < 4.78 is 0. The molecule has 1 unspecified atom stereocenters. The number of nitrogens with zero attached hydrogens (tertiary/aromatic N) is 2. The number of benzene rings is 1. The van der Waals surface area contributed by atoms with Crippen LogP contribution in [0.1, 0.15) is 40.9 Å². The minimum absolute atomic E-state index is 0.103. The van der Waals surface area contributed by atoms with Crippen LogP contribution in [0.5, 0.6) is 0 Å².